The lowest BCUT2D eigenvalue weighted by atomic mass is 10.0. The highest BCUT2D eigenvalue weighted by molar-refractivity contribution is 7.15. The third-order valence-corrected chi connectivity index (χ3v) is 7.85. The number of H-pyrrole nitrogens is 2. The van der Waals surface area contributed by atoms with Crippen molar-refractivity contribution in [2.45, 2.75) is 13.3 Å². The number of pyridine rings is 2. The fraction of sp³-hybridized carbons (Fsp3) is 0.0645. The van der Waals surface area contributed by atoms with Crippen LogP contribution < -0.4 is 5.32 Å². The first-order valence-electron chi connectivity index (χ1n) is 12.9. The number of fused-ring (bicyclic) bond motifs is 2. The van der Waals surface area contributed by atoms with E-state index in [4.69, 9.17) is 4.98 Å². The van der Waals surface area contributed by atoms with Gasteiger partial charge in [0.2, 0.25) is 5.91 Å². The summed E-state index contributed by atoms with van der Waals surface area (Å²) in [7, 11) is 0. The largest absolute Gasteiger partial charge is 0.335 e. The van der Waals surface area contributed by atoms with Crippen molar-refractivity contribution in [2.75, 3.05) is 5.32 Å². The molecule has 10 heteroatoms. The van der Waals surface area contributed by atoms with E-state index in [1.165, 1.54) is 10.9 Å². The first-order valence-corrected chi connectivity index (χ1v) is 13.7. The van der Waals surface area contributed by atoms with Gasteiger partial charge in [-0.05, 0) is 42.8 Å². The number of rotatable bonds is 6. The molecule has 1 amide bonds. The van der Waals surface area contributed by atoms with Crippen LogP contribution in [-0.2, 0) is 11.2 Å². The number of halogens is 1. The first-order chi connectivity index (χ1) is 20.0. The molecule has 3 N–H and O–H groups in total. The van der Waals surface area contributed by atoms with Crippen LogP contribution in [0.2, 0.25) is 0 Å². The Morgan fingerprint density at radius 1 is 1.02 bits per heavy atom. The van der Waals surface area contributed by atoms with Gasteiger partial charge in [-0.3, -0.25) is 14.9 Å². The predicted molar refractivity (Wildman–Crippen MR) is 159 cm³/mol. The van der Waals surface area contributed by atoms with Gasteiger partial charge < -0.3 is 10.3 Å². The summed E-state index contributed by atoms with van der Waals surface area (Å²) >= 11 is 1.70. The fourth-order valence-corrected chi connectivity index (χ4v) is 5.79. The molecular formula is C31H22FN7OS. The summed E-state index contributed by atoms with van der Waals surface area (Å²) in [6, 6.07) is 20.4. The maximum Gasteiger partial charge on any atom is 0.228 e. The summed E-state index contributed by atoms with van der Waals surface area (Å²) in [6.45, 7) is 2.07. The standard InChI is InChI=1S/C31H22FN7OS/c1-17-7-8-26(41-17)21-9-10-34-30-28(21)36-31(37-30)29-23-13-22(24(32)14-25(23)38-39-29)19-12-20(16-33-15-19)35-27(40)11-18-5-3-2-4-6-18/h2-10,12-16H,11H2,1H3,(H,35,40)(H,38,39)(H,34,36,37). The molecule has 7 aromatic rings. The van der Waals surface area contributed by atoms with E-state index in [-0.39, 0.29) is 12.3 Å². The number of nitrogens with one attached hydrogen (secondary N) is 3. The molecule has 41 heavy (non-hydrogen) atoms. The zero-order valence-electron chi connectivity index (χ0n) is 21.8. The van der Waals surface area contributed by atoms with Gasteiger partial charge in [0.15, 0.2) is 11.5 Å². The average molecular weight is 560 g/mol. The second kappa shape index (κ2) is 10.1. The number of hydrogen-bond donors (Lipinski definition) is 3. The van der Waals surface area contributed by atoms with E-state index in [1.807, 2.05) is 36.4 Å². The number of imidazole rings is 1. The Kier molecular flexibility index (Phi) is 6.09. The third kappa shape index (κ3) is 4.74. The van der Waals surface area contributed by atoms with Crippen LogP contribution in [0.1, 0.15) is 10.4 Å². The number of amides is 1. The number of aromatic amines is 2. The molecular weight excluding hydrogens is 537 g/mol. The van der Waals surface area contributed by atoms with Gasteiger partial charge in [0.25, 0.3) is 0 Å². The number of anilines is 1. The lowest BCUT2D eigenvalue weighted by Crippen LogP contribution is -2.14. The number of aryl methyl sites for hydroxylation is 1. The molecule has 5 heterocycles. The molecule has 0 unspecified atom stereocenters. The third-order valence-electron chi connectivity index (χ3n) is 6.81. The molecule has 0 aliphatic heterocycles. The van der Waals surface area contributed by atoms with Crippen molar-refractivity contribution in [3.8, 4) is 33.1 Å². The fourth-order valence-electron chi connectivity index (χ4n) is 4.89. The second-order valence-electron chi connectivity index (χ2n) is 9.68. The molecule has 0 saturated carbocycles. The normalized spacial score (nSPS) is 11.4. The van der Waals surface area contributed by atoms with E-state index in [0.29, 0.717) is 44.9 Å². The van der Waals surface area contributed by atoms with Crippen LogP contribution in [0, 0.1) is 12.7 Å². The van der Waals surface area contributed by atoms with Crippen molar-refractivity contribution in [2.24, 2.45) is 0 Å². The second-order valence-corrected chi connectivity index (χ2v) is 11.0. The maximum atomic E-state index is 15.3. The van der Waals surface area contributed by atoms with E-state index >= 15 is 4.39 Å². The summed E-state index contributed by atoms with van der Waals surface area (Å²) in [6.07, 6.45) is 5.08. The molecule has 7 rings (SSSR count). The number of hydrogen-bond acceptors (Lipinski definition) is 6. The molecule has 0 fully saturated rings. The summed E-state index contributed by atoms with van der Waals surface area (Å²) in [5.41, 5.74) is 5.71. The Bertz CT molecular complexity index is 2060. The molecule has 0 spiro atoms. The molecule has 2 aromatic carbocycles. The Morgan fingerprint density at radius 3 is 2.73 bits per heavy atom. The number of carbonyl (C=O) groups is 1. The Labute approximate surface area is 237 Å². The van der Waals surface area contributed by atoms with Crippen molar-refractivity contribution in [1.29, 1.82) is 0 Å². The summed E-state index contributed by atoms with van der Waals surface area (Å²) in [5, 5.41) is 10.9. The monoisotopic (exact) mass is 559 g/mol. The summed E-state index contributed by atoms with van der Waals surface area (Å²) < 4.78 is 15.3. The highest BCUT2D eigenvalue weighted by Crippen LogP contribution is 2.35. The lowest BCUT2D eigenvalue weighted by molar-refractivity contribution is -0.115. The van der Waals surface area contributed by atoms with Crippen molar-refractivity contribution in [3.05, 3.63) is 102 Å². The minimum Gasteiger partial charge on any atom is -0.335 e. The van der Waals surface area contributed by atoms with Crippen LogP contribution in [0.25, 0.3) is 55.2 Å². The molecule has 0 radical (unpaired) electrons. The molecule has 0 aliphatic rings. The summed E-state index contributed by atoms with van der Waals surface area (Å²) in [5.74, 6) is -0.0975. The van der Waals surface area contributed by atoms with E-state index < -0.39 is 5.82 Å². The molecule has 0 bridgehead atoms. The van der Waals surface area contributed by atoms with Gasteiger partial charge in [0, 0.05) is 50.3 Å². The molecule has 8 nitrogen and oxygen atoms in total. The van der Waals surface area contributed by atoms with Gasteiger partial charge in [0.05, 0.1) is 29.3 Å². The van der Waals surface area contributed by atoms with Gasteiger partial charge in [-0.15, -0.1) is 11.3 Å². The highest BCUT2D eigenvalue weighted by atomic mass is 32.1. The Hall–Kier alpha value is -5.22. The number of nitrogens with zero attached hydrogens (tertiary/aromatic N) is 4. The minimum atomic E-state index is -0.441. The van der Waals surface area contributed by atoms with Crippen LogP contribution in [0.3, 0.4) is 0 Å². The van der Waals surface area contributed by atoms with E-state index in [9.17, 15) is 4.79 Å². The van der Waals surface area contributed by atoms with E-state index in [1.54, 1.807) is 42.1 Å². The van der Waals surface area contributed by atoms with Crippen LogP contribution in [0.4, 0.5) is 10.1 Å². The van der Waals surface area contributed by atoms with Gasteiger partial charge in [-0.25, -0.2) is 14.4 Å². The van der Waals surface area contributed by atoms with E-state index in [0.717, 1.165) is 21.5 Å². The molecule has 0 aliphatic carbocycles. The van der Waals surface area contributed by atoms with Crippen LogP contribution in [0.15, 0.2) is 85.3 Å². The zero-order chi connectivity index (χ0) is 27.9. The summed E-state index contributed by atoms with van der Waals surface area (Å²) in [4.78, 5) is 31.7. The number of aromatic nitrogens is 6. The highest BCUT2D eigenvalue weighted by Gasteiger charge is 2.19. The lowest BCUT2D eigenvalue weighted by Gasteiger charge is -2.08. The minimum absolute atomic E-state index is 0.182. The van der Waals surface area contributed by atoms with Crippen LogP contribution in [-0.4, -0.2) is 36.0 Å². The predicted octanol–water partition coefficient (Wildman–Crippen LogP) is 6.92. The van der Waals surface area contributed by atoms with Crippen LogP contribution in [0.5, 0.6) is 0 Å². The van der Waals surface area contributed by atoms with Gasteiger partial charge >= 0.3 is 0 Å². The van der Waals surface area contributed by atoms with Crippen LogP contribution >= 0.6 is 11.3 Å². The van der Waals surface area contributed by atoms with Crippen molar-refractivity contribution >= 4 is 45.0 Å². The smallest absolute Gasteiger partial charge is 0.228 e. The van der Waals surface area contributed by atoms with Gasteiger partial charge in [0.1, 0.15) is 11.5 Å². The first kappa shape index (κ1) is 24.8. The number of carbonyl (C=O) groups excluding carboxylic acids is 1. The molecule has 5 aromatic heterocycles. The molecule has 0 saturated heterocycles. The van der Waals surface area contributed by atoms with Crippen molar-refractivity contribution < 1.29 is 9.18 Å². The quantitative estimate of drug-likeness (QED) is 0.205. The van der Waals surface area contributed by atoms with E-state index in [2.05, 4.69) is 49.5 Å². The number of benzene rings is 2. The maximum absolute atomic E-state index is 15.3. The topological polar surface area (TPSA) is 112 Å². The number of thiophene rings is 1. The molecule has 200 valence electrons. The molecule has 0 atom stereocenters. The average Bonchev–Trinajstić information content (AvgIpc) is 3.70. The van der Waals surface area contributed by atoms with Crippen molar-refractivity contribution in [3.63, 3.8) is 0 Å². The van der Waals surface area contributed by atoms with Gasteiger partial charge in [-0.1, -0.05) is 30.3 Å². The SMILES string of the molecule is Cc1ccc(-c2ccnc3nc(-c4n[nH]c5cc(F)c(-c6cncc(NC(=O)Cc7ccccc7)c6)cc45)[nH]c23)s1. The Morgan fingerprint density at radius 2 is 1.90 bits per heavy atom. The van der Waals surface area contributed by atoms with Crippen molar-refractivity contribution in [1.82, 2.24) is 30.1 Å². The zero-order valence-corrected chi connectivity index (χ0v) is 22.6. The Balaban J connectivity index is 1.24. The van der Waals surface area contributed by atoms with Gasteiger partial charge in [-0.2, -0.15) is 5.10 Å².